The number of hydrogen-bond acceptors (Lipinski definition) is 4. The molecule has 2 N–H and O–H groups in total. The molecule has 0 bridgehead atoms. The smallest absolute Gasteiger partial charge is 0.247 e. The Balaban J connectivity index is 2.84. The van der Waals surface area contributed by atoms with Gasteiger partial charge in [0.1, 0.15) is 11.6 Å². The van der Waals surface area contributed by atoms with Crippen molar-refractivity contribution in [3.8, 4) is 0 Å². The van der Waals surface area contributed by atoms with Gasteiger partial charge in [0.05, 0.1) is 6.61 Å². The summed E-state index contributed by atoms with van der Waals surface area (Å²) in [6, 6.07) is -0.713. The van der Waals surface area contributed by atoms with Gasteiger partial charge in [-0.3, -0.25) is 9.59 Å². The van der Waals surface area contributed by atoms with E-state index in [4.69, 9.17) is 10.5 Å². The van der Waals surface area contributed by atoms with Crippen molar-refractivity contribution in [3.05, 3.63) is 0 Å². The van der Waals surface area contributed by atoms with Crippen LogP contribution in [0, 0.1) is 0 Å². The summed E-state index contributed by atoms with van der Waals surface area (Å²) in [4.78, 5) is 27.3. The van der Waals surface area contributed by atoms with Gasteiger partial charge >= 0.3 is 0 Å². The molecule has 98 valence electrons. The zero-order chi connectivity index (χ0) is 13.2. The maximum Gasteiger partial charge on any atom is 0.247 e. The van der Waals surface area contributed by atoms with Crippen molar-refractivity contribution in [1.29, 1.82) is 0 Å². The molecule has 0 radical (unpaired) electrons. The Hall–Kier alpha value is -1.14. The molecule has 1 saturated heterocycles. The minimum absolute atomic E-state index is 0.0679. The van der Waals surface area contributed by atoms with E-state index in [1.165, 1.54) is 7.11 Å². The Bertz CT molecular complexity index is 317. The lowest BCUT2D eigenvalue weighted by Crippen LogP contribution is -2.66. The fraction of sp³-hybridized carbons (Fsp3) is 0.818. The molecule has 0 spiro atoms. The van der Waals surface area contributed by atoms with E-state index in [0.29, 0.717) is 13.1 Å². The highest BCUT2D eigenvalue weighted by Crippen LogP contribution is 2.22. The maximum atomic E-state index is 12.1. The van der Waals surface area contributed by atoms with Crippen LogP contribution in [-0.4, -0.2) is 67.0 Å². The van der Waals surface area contributed by atoms with E-state index in [2.05, 4.69) is 0 Å². The Kier molecular flexibility index (Phi) is 4.11. The number of carbonyl (C=O) groups is 2. The Morgan fingerprint density at radius 1 is 1.53 bits per heavy atom. The first kappa shape index (κ1) is 13.9. The Morgan fingerprint density at radius 2 is 2.12 bits per heavy atom. The first-order valence-electron chi connectivity index (χ1n) is 5.64. The molecule has 0 aromatic carbocycles. The molecule has 0 aliphatic carbocycles. The predicted octanol–water partition coefficient (Wildman–Crippen LogP) is -0.961. The predicted molar refractivity (Wildman–Crippen MR) is 63.3 cm³/mol. The third-order valence-corrected chi connectivity index (χ3v) is 3.13. The largest absolute Gasteiger partial charge is 0.383 e. The van der Waals surface area contributed by atoms with Crippen LogP contribution in [0.4, 0.5) is 0 Å². The molecule has 1 atom stereocenters. The molecule has 1 fully saturated rings. The number of piperazine rings is 1. The number of amides is 2. The lowest BCUT2D eigenvalue weighted by molar-refractivity contribution is -0.158. The molecule has 1 aliphatic rings. The monoisotopic (exact) mass is 243 g/mol. The highest BCUT2D eigenvalue weighted by atomic mass is 16.5. The van der Waals surface area contributed by atoms with Crippen molar-refractivity contribution in [3.63, 3.8) is 0 Å². The average molecular weight is 243 g/mol. The van der Waals surface area contributed by atoms with Crippen LogP contribution in [0.15, 0.2) is 0 Å². The first-order chi connectivity index (χ1) is 7.82. The second-order valence-electron chi connectivity index (χ2n) is 4.84. The third-order valence-electron chi connectivity index (χ3n) is 3.13. The zero-order valence-electron chi connectivity index (χ0n) is 10.9. The van der Waals surface area contributed by atoms with Gasteiger partial charge in [0.25, 0.3) is 0 Å². The molecule has 6 nitrogen and oxygen atoms in total. The van der Waals surface area contributed by atoms with Gasteiger partial charge in [-0.05, 0) is 13.8 Å². The van der Waals surface area contributed by atoms with Crippen molar-refractivity contribution in [2.24, 2.45) is 5.73 Å². The fourth-order valence-corrected chi connectivity index (χ4v) is 2.05. The summed E-state index contributed by atoms with van der Waals surface area (Å²) in [6.45, 7) is 4.68. The number of nitrogens with zero attached hydrogens (tertiary/aromatic N) is 2. The number of ether oxygens (including phenoxy) is 1. The van der Waals surface area contributed by atoms with Crippen molar-refractivity contribution < 1.29 is 14.3 Å². The number of methoxy groups -OCH3 is 1. The molecule has 1 heterocycles. The van der Waals surface area contributed by atoms with E-state index in [-0.39, 0.29) is 18.4 Å². The number of likely N-dealkylation sites (N-methyl/N-ethyl adjacent to an activating group) is 1. The molecule has 1 aliphatic heterocycles. The third kappa shape index (κ3) is 2.58. The van der Waals surface area contributed by atoms with E-state index in [1.807, 2.05) is 0 Å². The molecular weight excluding hydrogens is 222 g/mol. The van der Waals surface area contributed by atoms with Crippen LogP contribution < -0.4 is 5.73 Å². The van der Waals surface area contributed by atoms with Crippen LogP contribution in [0.5, 0.6) is 0 Å². The number of hydrogen-bond donors (Lipinski definition) is 1. The molecule has 0 saturated carbocycles. The van der Waals surface area contributed by atoms with E-state index in [9.17, 15) is 9.59 Å². The van der Waals surface area contributed by atoms with Crippen LogP contribution in [-0.2, 0) is 14.3 Å². The molecule has 2 amide bonds. The summed E-state index contributed by atoms with van der Waals surface area (Å²) in [5, 5.41) is 0. The summed E-state index contributed by atoms with van der Waals surface area (Å²) in [7, 11) is 3.23. The van der Waals surface area contributed by atoms with Crippen LogP contribution in [0.3, 0.4) is 0 Å². The Labute approximate surface area is 102 Å². The highest BCUT2D eigenvalue weighted by Gasteiger charge is 2.43. The second-order valence-corrected chi connectivity index (χ2v) is 4.84. The minimum Gasteiger partial charge on any atom is -0.383 e. The second kappa shape index (κ2) is 5.01. The summed E-state index contributed by atoms with van der Waals surface area (Å²) in [5.41, 5.74) is 4.88. The molecule has 6 heteroatoms. The summed E-state index contributed by atoms with van der Waals surface area (Å²) < 4.78 is 4.86. The van der Waals surface area contributed by atoms with Gasteiger partial charge in [-0.25, -0.2) is 0 Å². The van der Waals surface area contributed by atoms with Gasteiger partial charge < -0.3 is 20.3 Å². The van der Waals surface area contributed by atoms with Crippen molar-refractivity contribution in [2.75, 3.05) is 33.9 Å². The van der Waals surface area contributed by atoms with E-state index in [1.54, 1.807) is 30.7 Å². The topological polar surface area (TPSA) is 75.9 Å². The van der Waals surface area contributed by atoms with E-state index >= 15 is 0 Å². The zero-order valence-corrected chi connectivity index (χ0v) is 10.9. The Morgan fingerprint density at radius 3 is 2.65 bits per heavy atom. The fourth-order valence-electron chi connectivity index (χ4n) is 2.05. The lowest BCUT2D eigenvalue weighted by atomic mass is 9.97. The standard InChI is InChI=1S/C11H21N3O3/c1-11(2)10(16)13(3)5-6-14(11)9(15)8(12)7-17-4/h8H,5-7,12H2,1-4H3. The van der Waals surface area contributed by atoms with E-state index < -0.39 is 11.6 Å². The van der Waals surface area contributed by atoms with Gasteiger partial charge in [-0.15, -0.1) is 0 Å². The minimum atomic E-state index is -0.838. The van der Waals surface area contributed by atoms with Crippen LogP contribution >= 0.6 is 0 Å². The number of rotatable bonds is 3. The first-order valence-corrected chi connectivity index (χ1v) is 5.64. The highest BCUT2D eigenvalue weighted by molar-refractivity contribution is 5.93. The van der Waals surface area contributed by atoms with Crippen LogP contribution in [0.1, 0.15) is 13.8 Å². The van der Waals surface area contributed by atoms with Gasteiger partial charge in [-0.2, -0.15) is 0 Å². The van der Waals surface area contributed by atoms with Gasteiger partial charge in [0, 0.05) is 27.2 Å². The number of carbonyl (C=O) groups excluding carboxylic acids is 2. The van der Waals surface area contributed by atoms with Gasteiger partial charge in [-0.1, -0.05) is 0 Å². The summed E-state index contributed by atoms with van der Waals surface area (Å²) >= 11 is 0. The molecule has 17 heavy (non-hydrogen) atoms. The maximum absolute atomic E-state index is 12.1. The summed E-state index contributed by atoms with van der Waals surface area (Å²) in [6.07, 6.45) is 0. The van der Waals surface area contributed by atoms with Gasteiger partial charge in [0.2, 0.25) is 11.8 Å². The normalized spacial score (nSPS) is 21.6. The van der Waals surface area contributed by atoms with Crippen LogP contribution in [0.2, 0.25) is 0 Å². The molecule has 0 aromatic heterocycles. The van der Waals surface area contributed by atoms with Crippen molar-refractivity contribution in [2.45, 2.75) is 25.4 Å². The quantitative estimate of drug-likeness (QED) is 0.692. The van der Waals surface area contributed by atoms with Crippen LogP contribution in [0.25, 0.3) is 0 Å². The van der Waals surface area contributed by atoms with E-state index in [0.717, 1.165) is 0 Å². The molecule has 1 rings (SSSR count). The van der Waals surface area contributed by atoms with Crippen molar-refractivity contribution >= 4 is 11.8 Å². The van der Waals surface area contributed by atoms with Crippen molar-refractivity contribution in [1.82, 2.24) is 9.80 Å². The molecular formula is C11H21N3O3. The summed E-state index contributed by atoms with van der Waals surface area (Å²) in [5.74, 6) is -0.306. The molecule has 1 unspecified atom stereocenters. The number of nitrogens with two attached hydrogens (primary N) is 1. The molecule has 0 aromatic rings. The van der Waals surface area contributed by atoms with Gasteiger partial charge in [0.15, 0.2) is 0 Å². The SMILES string of the molecule is COCC(N)C(=O)N1CCN(C)C(=O)C1(C)C. The average Bonchev–Trinajstić information content (AvgIpc) is 2.26. The lowest BCUT2D eigenvalue weighted by Gasteiger charge is -2.45.